The van der Waals surface area contributed by atoms with Crippen molar-refractivity contribution in [3.05, 3.63) is 35.4 Å². The third-order valence-corrected chi connectivity index (χ3v) is 3.12. The second kappa shape index (κ2) is 6.85. The van der Waals surface area contributed by atoms with Crippen molar-refractivity contribution in [1.29, 1.82) is 0 Å². The maximum atomic E-state index is 9.88. The molecule has 0 aliphatic carbocycles. The Bertz CT molecular complexity index is 345. The minimum Gasteiger partial charge on any atom is -0.389 e. The average Bonchev–Trinajstić information content (AvgIpc) is 2.76. The molecule has 1 atom stereocenters. The van der Waals surface area contributed by atoms with Crippen molar-refractivity contribution >= 4 is 0 Å². The van der Waals surface area contributed by atoms with Gasteiger partial charge >= 0.3 is 0 Å². The molecule has 0 spiro atoms. The summed E-state index contributed by atoms with van der Waals surface area (Å²) in [6, 6.07) is 8.42. The lowest BCUT2D eigenvalue weighted by atomic mass is 10.1. The molecule has 0 saturated carbocycles. The van der Waals surface area contributed by atoms with Crippen LogP contribution in [-0.2, 0) is 22.6 Å². The van der Waals surface area contributed by atoms with Crippen molar-refractivity contribution in [1.82, 2.24) is 4.90 Å². The Morgan fingerprint density at radius 3 is 2.50 bits per heavy atom. The Labute approximate surface area is 108 Å². The number of fused-ring (bicyclic) bond motifs is 1. The van der Waals surface area contributed by atoms with Gasteiger partial charge in [-0.15, -0.1) is 0 Å². The van der Waals surface area contributed by atoms with Crippen molar-refractivity contribution < 1.29 is 14.6 Å². The summed E-state index contributed by atoms with van der Waals surface area (Å²) in [7, 11) is 1.64. The average molecular weight is 251 g/mol. The second-order valence-electron chi connectivity index (χ2n) is 4.66. The van der Waals surface area contributed by atoms with Crippen molar-refractivity contribution in [2.24, 2.45) is 0 Å². The molecule has 4 heteroatoms. The Morgan fingerprint density at radius 1 is 1.22 bits per heavy atom. The Morgan fingerprint density at radius 2 is 1.89 bits per heavy atom. The van der Waals surface area contributed by atoms with E-state index in [2.05, 4.69) is 29.2 Å². The van der Waals surface area contributed by atoms with Crippen molar-refractivity contribution in [2.75, 3.05) is 33.5 Å². The molecule has 4 nitrogen and oxygen atoms in total. The number of benzene rings is 1. The number of β-amino-alcohol motifs (C(OH)–C–C–N with tert-alkyl or cyclic N) is 1. The molecule has 0 fully saturated rings. The summed E-state index contributed by atoms with van der Waals surface area (Å²) in [6.45, 7) is 3.98. The van der Waals surface area contributed by atoms with Crippen molar-refractivity contribution in [3.8, 4) is 0 Å². The molecule has 1 unspecified atom stereocenters. The summed E-state index contributed by atoms with van der Waals surface area (Å²) in [5.74, 6) is 0. The quantitative estimate of drug-likeness (QED) is 0.735. The van der Waals surface area contributed by atoms with Crippen LogP contribution in [0.15, 0.2) is 24.3 Å². The van der Waals surface area contributed by atoms with Crippen LogP contribution in [0.3, 0.4) is 0 Å². The Kier molecular flexibility index (Phi) is 5.13. The van der Waals surface area contributed by atoms with Gasteiger partial charge in [-0.25, -0.2) is 0 Å². The largest absolute Gasteiger partial charge is 0.389 e. The van der Waals surface area contributed by atoms with Crippen LogP contribution in [-0.4, -0.2) is 49.6 Å². The van der Waals surface area contributed by atoms with Gasteiger partial charge in [0.05, 0.1) is 25.9 Å². The normalized spacial score (nSPS) is 16.8. The zero-order chi connectivity index (χ0) is 12.8. The topological polar surface area (TPSA) is 41.9 Å². The number of methoxy groups -OCH3 is 1. The highest BCUT2D eigenvalue weighted by molar-refractivity contribution is 5.30. The standard InChI is InChI=1S/C14H21NO3/c1-17-6-7-18-11-14(16)10-15-8-12-4-2-3-5-13(12)9-15/h2-5,14,16H,6-11H2,1H3. The smallest absolute Gasteiger partial charge is 0.0900 e. The molecular formula is C14H21NO3. The van der Waals surface area contributed by atoms with E-state index >= 15 is 0 Å². The van der Waals surface area contributed by atoms with E-state index in [1.807, 2.05) is 0 Å². The van der Waals surface area contributed by atoms with E-state index in [1.165, 1.54) is 11.1 Å². The molecular weight excluding hydrogens is 230 g/mol. The number of ether oxygens (including phenoxy) is 2. The fourth-order valence-electron chi connectivity index (χ4n) is 2.25. The molecule has 1 aromatic carbocycles. The van der Waals surface area contributed by atoms with E-state index in [4.69, 9.17) is 9.47 Å². The van der Waals surface area contributed by atoms with E-state index in [9.17, 15) is 5.11 Å². The van der Waals surface area contributed by atoms with Gasteiger partial charge in [-0.1, -0.05) is 24.3 Å². The summed E-state index contributed by atoms with van der Waals surface area (Å²) in [4.78, 5) is 2.25. The van der Waals surface area contributed by atoms with E-state index in [-0.39, 0.29) is 0 Å². The molecule has 0 amide bonds. The predicted molar refractivity (Wildman–Crippen MR) is 69.3 cm³/mol. The molecule has 0 bridgehead atoms. The zero-order valence-corrected chi connectivity index (χ0v) is 10.8. The maximum Gasteiger partial charge on any atom is 0.0900 e. The lowest BCUT2D eigenvalue weighted by Gasteiger charge is -2.19. The highest BCUT2D eigenvalue weighted by atomic mass is 16.5. The molecule has 1 heterocycles. The van der Waals surface area contributed by atoms with E-state index in [1.54, 1.807) is 7.11 Å². The molecule has 0 aromatic heterocycles. The molecule has 2 rings (SSSR count). The molecule has 1 aliphatic rings. The Balaban J connectivity index is 1.69. The molecule has 1 aromatic rings. The van der Waals surface area contributed by atoms with Crippen LogP contribution in [0.4, 0.5) is 0 Å². The van der Waals surface area contributed by atoms with Crippen molar-refractivity contribution in [2.45, 2.75) is 19.2 Å². The number of hydrogen-bond acceptors (Lipinski definition) is 4. The summed E-state index contributed by atoms with van der Waals surface area (Å²) >= 11 is 0. The number of rotatable bonds is 7. The van der Waals surface area contributed by atoms with E-state index in [0.29, 0.717) is 26.4 Å². The predicted octanol–water partition coefficient (Wildman–Crippen LogP) is 1.03. The van der Waals surface area contributed by atoms with Gasteiger partial charge in [-0.3, -0.25) is 4.90 Å². The summed E-state index contributed by atoms with van der Waals surface area (Å²) in [5.41, 5.74) is 2.73. The van der Waals surface area contributed by atoms with Crippen LogP contribution in [0.2, 0.25) is 0 Å². The SMILES string of the molecule is COCCOCC(O)CN1Cc2ccccc2C1. The minimum absolute atomic E-state index is 0.371. The first-order valence-electron chi connectivity index (χ1n) is 6.33. The van der Waals surface area contributed by atoms with Gasteiger partial charge in [0.25, 0.3) is 0 Å². The lowest BCUT2D eigenvalue weighted by molar-refractivity contribution is -0.00108. The van der Waals surface area contributed by atoms with Crippen molar-refractivity contribution in [3.63, 3.8) is 0 Å². The second-order valence-corrected chi connectivity index (χ2v) is 4.66. The number of aliphatic hydroxyl groups excluding tert-OH is 1. The van der Waals surface area contributed by atoms with Gasteiger partial charge in [0.15, 0.2) is 0 Å². The highest BCUT2D eigenvalue weighted by Crippen LogP contribution is 2.21. The fraction of sp³-hybridized carbons (Fsp3) is 0.571. The van der Waals surface area contributed by atoms with Gasteiger partial charge in [0, 0.05) is 26.7 Å². The fourth-order valence-corrected chi connectivity index (χ4v) is 2.25. The highest BCUT2D eigenvalue weighted by Gasteiger charge is 2.20. The lowest BCUT2D eigenvalue weighted by Crippen LogP contribution is -2.31. The van der Waals surface area contributed by atoms with Gasteiger partial charge in [-0.05, 0) is 11.1 Å². The summed E-state index contributed by atoms with van der Waals surface area (Å²) in [6.07, 6.45) is -0.434. The number of hydrogen-bond donors (Lipinski definition) is 1. The monoisotopic (exact) mass is 251 g/mol. The Hall–Kier alpha value is -0.940. The molecule has 0 radical (unpaired) electrons. The first kappa shape index (κ1) is 13.5. The van der Waals surface area contributed by atoms with Gasteiger partial charge in [0.2, 0.25) is 0 Å². The third kappa shape index (κ3) is 3.78. The van der Waals surface area contributed by atoms with Crippen LogP contribution in [0.1, 0.15) is 11.1 Å². The van der Waals surface area contributed by atoms with Crippen LogP contribution < -0.4 is 0 Å². The third-order valence-electron chi connectivity index (χ3n) is 3.12. The first-order valence-corrected chi connectivity index (χ1v) is 6.33. The van der Waals surface area contributed by atoms with Gasteiger partial charge in [0.1, 0.15) is 0 Å². The van der Waals surface area contributed by atoms with Crippen LogP contribution in [0.5, 0.6) is 0 Å². The first-order chi connectivity index (χ1) is 8.79. The van der Waals surface area contributed by atoms with Crippen LogP contribution >= 0.6 is 0 Å². The maximum absolute atomic E-state index is 9.88. The minimum atomic E-state index is -0.434. The van der Waals surface area contributed by atoms with Crippen LogP contribution in [0.25, 0.3) is 0 Å². The van der Waals surface area contributed by atoms with E-state index < -0.39 is 6.10 Å². The van der Waals surface area contributed by atoms with Gasteiger partial charge in [-0.2, -0.15) is 0 Å². The summed E-state index contributed by atoms with van der Waals surface area (Å²) in [5, 5.41) is 9.88. The number of aliphatic hydroxyl groups is 1. The molecule has 1 N–H and O–H groups in total. The summed E-state index contributed by atoms with van der Waals surface area (Å²) < 4.78 is 10.2. The molecule has 18 heavy (non-hydrogen) atoms. The number of nitrogens with zero attached hydrogens (tertiary/aromatic N) is 1. The van der Waals surface area contributed by atoms with Gasteiger partial charge < -0.3 is 14.6 Å². The molecule has 0 saturated heterocycles. The molecule has 1 aliphatic heterocycles. The molecule has 100 valence electrons. The zero-order valence-electron chi connectivity index (χ0n) is 10.8. The van der Waals surface area contributed by atoms with Crippen LogP contribution in [0, 0.1) is 0 Å². The van der Waals surface area contributed by atoms with E-state index in [0.717, 1.165) is 13.1 Å².